The number of halogens is 1. The first-order valence-electron chi connectivity index (χ1n) is 6.45. The second-order valence-corrected chi connectivity index (χ2v) is 6.37. The van der Waals surface area contributed by atoms with Gasteiger partial charge in [0.2, 0.25) is 10.0 Å². The van der Waals surface area contributed by atoms with E-state index in [1.54, 1.807) is 12.1 Å². The molecule has 1 unspecified atom stereocenters. The van der Waals surface area contributed by atoms with Crippen molar-refractivity contribution in [1.29, 1.82) is 0 Å². The van der Waals surface area contributed by atoms with Gasteiger partial charge in [-0.05, 0) is 31.5 Å². The monoisotopic (exact) mass is 334 g/mol. The lowest BCUT2D eigenvalue weighted by atomic mass is 10.2. The number of rotatable bonds is 5. The van der Waals surface area contributed by atoms with Gasteiger partial charge in [0.05, 0.1) is 17.6 Å². The van der Waals surface area contributed by atoms with Crippen molar-refractivity contribution in [3.8, 4) is 0 Å². The Balaban J connectivity index is 0.00000220. The van der Waals surface area contributed by atoms with Gasteiger partial charge in [0.1, 0.15) is 0 Å². The van der Waals surface area contributed by atoms with Crippen LogP contribution < -0.4 is 10.0 Å². The molecule has 1 aliphatic heterocycles. The lowest BCUT2D eigenvalue weighted by Crippen LogP contribution is -2.37. The van der Waals surface area contributed by atoms with E-state index in [0.717, 1.165) is 19.4 Å². The first-order valence-corrected chi connectivity index (χ1v) is 7.93. The topological polar surface area (TPSA) is 84.5 Å². The van der Waals surface area contributed by atoms with Crippen LogP contribution in [0.3, 0.4) is 0 Å². The molecule has 0 saturated carbocycles. The molecule has 2 rings (SSSR count). The first kappa shape index (κ1) is 17.9. The summed E-state index contributed by atoms with van der Waals surface area (Å²) >= 11 is 0. The van der Waals surface area contributed by atoms with Gasteiger partial charge < -0.3 is 10.1 Å². The van der Waals surface area contributed by atoms with Crippen LogP contribution in [0.2, 0.25) is 0 Å². The Morgan fingerprint density at radius 1 is 1.43 bits per heavy atom. The SMILES string of the molecule is COC(=O)c1ccccc1S(=O)(=O)NCC1CCCN1.Cl. The highest BCUT2D eigenvalue weighted by Crippen LogP contribution is 2.16. The number of carbonyl (C=O) groups is 1. The van der Waals surface area contributed by atoms with Crippen molar-refractivity contribution < 1.29 is 17.9 Å². The van der Waals surface area contributed by atoms with Crippen LogP contribution >= 0.6 is 12.4 Å². The molecule has 118 valence electrons. The number of hydrogen-bond donors (Lipinski definition) is 2. The summed E-state index contributed by atoms with van der Waals surface area (Å²) in [6, 6.07) is 6.17. The molecule has 2 N–H and O–H groups in total. The molecule has 0 bridgehead atoms. The number of sulfonamides is 1. The van der Waals surface area contributed by atoms with Gasteiger partial charge in [-0.3, -0.25) is 0 Å². The number of hydrogen-bond acceptors (Lipinski definition) is 5. The van der Waals surface area contributed by atoms with Crippen molar-refractivity contribution in [2.45, 2.75) is 23.8 Å². The van der Waals surface area contributed by atoms with Gasteiger partial charge in [-0.1, -0.05) is 12.1 Å². The smallest absolute Gasteiger partial charge is 0.339 e. The molecular formula is C13H19ClN2O4S. The van der Waals surface area contributed by atoms with Crippen molar-refractivity contribution >= 4 is 28.4 Å². The van der Waals surface area contributed by atoms with E-state index in [2.05, 4.69) is 14.8 Å². The summed E-state index contributed by atoms with van der Waals surface area (Å²) in [5, 5.41) is 3.21. The van der Waals surface area contributed by atoms with Gasteiger partial charge in [-0.2, -0.15) is 0 Å². The summed E-state index contributed by atoms with van der Waals surface area (Å²) in [5.74, 6) is -0.662. The Hall–Kier alpha value is -1.15. The second kappa shape index (κ2) is 7.74. The van der Waals surface area contributed by atoms with E-state index < -0.39 is 16.0 Å². The van der Waals surface area contributed by atoms with E-state index in [4.69, 9.17) is 0 Å². The fraction of sp³-hybridized carbons (Fsp3) is 0.462. The van der Waals surface area contributed by atoms with Gasteiger partial charge in [0.25, 0.3) is 0 Å². The van der Waals surface area contributed by atoms with E-state index in [9.17, 15) is 13.2 Å². The maximum atomic E-state index is 12.3. The minimum atomic E-state index is -3.72. The summed E-state index contributed by atoms with van der Waals surface area (Å²) in [4.78, 5) is 11.6. The predicted octanol–water partition coefficient (Wildman–Crippen LogP) is 0.925. The summed E-state index contributed by atoms with van der Waals surface area (Å²) in [5.41, 5.74) is 0.0434. The van der Waals surface area contributed by atoms with Crippen LogP contribution in [0.4, 0.5) is 0 Å². The molecule has 0 amide bonds. The van der Waals surface area contributed by atoms with Gasteiger partial charge >= 0.3 is 5.97 Å². The maximum Gasteiger partial charge on any atom is 0.339 e. The number of nitrogens with one attached hydrogen (secondary N) is 2. The molecule has 1 fully saturated rings. The Bertz CT molecular complexity index is 586. The highest BCUT2D eigenvalue weighted by molar-refractivity contribution is 7.89. The number of benzene rings is 1. The van der Waals surface area contributed by atoms with Crippen molar-refractivity contribution in [2.75, 3.05) is 20.2 Å². The number of esters is 1. The fourth-order valence-corrected chi connectivity index (χ4v) is 3.47. The largest absolute Gasteiger partial charge is 0.465 e. The average Bonchev–Trinajstić information content (AvgIpc) is 2.98. The van der Waals surface area contributed by atoms with Crippen molar-refractivity contribution in [2.24, 2.45) is 0 Å². The Kier molecular flexibility index (Phi) is 6.60. The normalized spacial score (nSPS) is 18.0. The fourth-order valence-electron chi connectivity index (χ4n) is 2.20. The van der Waals surface area contributed by atoms with E-state index >= 15 is 0 Å². The Labute approximate surface area is 130 Å². The molecule has 1 aliphatic rings. The van der Waals surface area contributed by atoms with Crippen LogP contribution in [0.15, 0.2) is 29.2 Å². The van der Waals surface area contributed by atoms with Crippen LogP contribution in [-0.4, -0.2) is 40.6 Å². The van der Waals surface area contributed by atoms with Crippen molar-refractivity contribution in [3.63, 3.8) is 0 Å². The Morgan fingerprint density at radius 3 is 2.76 bits per heavy atom. The minimum Gasteiger partial charge on any atom is -0.465 e. The summed E-state index contributed by atoms with van der Waals surface area (Å²) in [7, 11) is -2.50. The molecule has 0 spiro atoms. The van der Waals surface area contributed by atoms with E-state index in [-0.39, 0.29) is 28.9 Å². The summed E-state index contributed by atoms with van der Waals surface area (Å²) < 4.78 is 31.7. The first-order chi connectivity index (χ1) is 9.54. The molecule has 6 nitrogen and oxygen atoms in total. The van der Waals surface area contributed by atoms with Crippen LogP contribution in [0.5, 0.6) is 0 Å². The molecule has 8 heteroatoms. The van der Waals surface area contributed by atoms with Crippen LogP contribution in [0.25, 0.3) is 0 Å². The third kappa shape index (κ3) is 4.41. The van der Waals surface area contributed by atoms with Crippen molar-refractivity contribution in [1.82, 2.24) is 10.0 Å². The second-order valence-electron chi connectivity index (χ2n) is 4.63. The maximum absolute atomic E-state index is 12.3. The van der Waals surface area contributed by atoms with Gasteiger partial charge in [0, 0.05) is 12.6 Å². The molecule has 0 aromatic heterocycles. The molecule has 1 aromatic rings. The molecular weight excluding hydrogens is 316 g/mol. The molecule has 21 heavy (non-hydrogen) atoms. The number of methoxy groups -OCH3 is 1. The molecule has 0 radical (unpaired) electrons. The molecule has 1 atom stereocenters. The summed E-state index contributed by atoms with van der Waals surface area (Å²) in [6.45, 7) is 1.23. The standard InChI is InChI=1S/C13H18N2O4S.ClH/c1-19-13(16)11-6-2-3-7-12(11)20(17,18)15-9-10-5-4-8-14-10;/h2-3,6-7,10,14-15H,4-5,8-9H2,1H3;1H. The zero-order valence-corrected chi connectivity index (χ0v) is 13.3. The highest BCUT2D eigenvalue weighted by atomic mass is 35.5. The van der Waals surface area contributed by atoms with Gasteiger partial charge in [-0.25, -0.2) is 17.9 Å². The van der Waals surface area contributed by atoms with E-state index in [0.29, 0.717) is 6.54 Å². The van der Waals surface area contributed by atoms with E-state index in [1.807, 2.05) is 0 Å². The molecule has 1 saturated heterocycles. The predicted molar refractivity (Wildman–Crippen MR) is 81.2 cm³/mol. The van der Waals surface area contributed by atoms with Crippen LogP contribution in [0.1, 0.15) is 23.2 Å². The Morgan fingerprint density at radius 2 is 2.14 bits per heavy atom. The molecule has 1 aromatic carbocycles. The number of carbonyl (C=O) groups excluding carboxylic acids is 1. The number of ether oxygens (including phenoxy) is 1. The quantitative estimate of drug-likeness (QED) is 0.782. The zero-order chi connectivity index (χ0) is 14.6. The third-order valence-corrected chi connectivity index (χ3v) is 4.75. The lowest BCUT2D eigenvalue weighted by molar-refractivity contribution is 0.0596. The highest BCUT2D eigenvalue weighted by Gasteiger charge is 2.24. The van der Waals surface area contributed by atoms with Gasteiger partial charge in [0.15, 0.2) is 0 Å². The lowest BCUT2D eigenvalue weighted by Gasteiger charge is -2.13. The average molecular weight is 335 g/mol. The third-order valence-electron chi connectivity index (χ3n) is 3.26. The molecule has 0 aliphatic carbocycles. The molecule has 1 heterocycles. The van der Waals surface area contributed by atoms with Gasteiger partial charge in [-0.15, -0.1) is 12.4 Å². The minimum absolute atomic E-state index is 0. The van der Waals surface area contributed by atoms with Crippen LogP contribution in [0, 0.1) is 0 Å². The summed E-state index contributed by atoms with van der Waals surface area (Å²) in [6.07, 6.45) is 1.99. The van der Waals surface area contributed by atoms with Crippen LogP contribution in [-0.2, 0) is 14.8 Å². The van der Waals surface area contributed by atoms with E-state index in [1.165, 1.54) is 19.2 Å². The van der Waals surface area contributed by atoms with Crippen molar-refractivity contribution in [3.05, 3.63) is 29.8 Å². The zero-order valence-electron chi connectivity index (χ0n) is 11.7.